The Labute approximate surface area is 259 Å². The monoisotopic (exact) mass is 685 g/mol. The Bertz CT molecular complexity index is 2050. The molecule has 10 heteroatoms. The lowest BCUT2D eigenvalue weighted by molar-refractivity contribution is 0.174. The first kappa shape index (κ1) is 27.0. The number of benzene rings is 4. The molecule has 0 saturated heterocycles. The van der Waals surface area contributed by atoms with Gasteiger partial charge in [0.2, 0.25) is 12.6 Å². The molecule has 0 saturated carbocycles. The average molecular weight is 685 g/mol. The quantitative estimate of drug-likeness (QED) is 0.126. The summed E-state index contributed by atoms with van der Waals surface area (Å²) in [6.07, 6.45) is 1.61. The van der Waals surface area contributed by atoms with Crippen LogP contribution in [0.5, 0.6) is 23.0 Å². The number of rotatable bonds is 8. The van der Waals surface area contributed by atoms with Crippen molar-refractivity contribution >= 4 is 50.7 Å². The molecule has 6 aromatic rings. The fraction of sp³-hybridized carbons (Fsp3) is 0.121. The highest BCUT2D eigenvalue weighted by Crippen LogP contribution is 2.36. The van der Waals surface area contributed by atoms with E-state index in [1.165, 1.54) is 4.68 Å². The van der Waals surface area contributed by atoms with E-state index in [0.717, 1.165) is 25.8 Å². The molecule has 0 bridgehead atoms. The Hall–Kier alpha value is -4.84. The Kier molecular flexibility index (Phi) is 7.19. The summed E-state index contributed by atoms with van der Waals surface area (Å²) in [6.45, 7) is 2.89. The maximum absolute atomic E-state index is 13.6. The molecule has 9 nitrogen and oxygen atoms in total. The third kappa shape index (κ3) is 5.29. The number of fused-ring (bicyclic) bond motifs is 3. The van der Waals surface area contributed by atoms with E-state index in [-0.39, 0.29) is 12.4 Å². The lowest BCUT2D eigenvalue weighted by Gasteiger charge is -2.15. The van der Waals surface area contributed by atoms with Gasteiger partial charge in [0.1, 0.15) is 12.2 Å². The smallest absolute Gasteiger partial charge is 0.282 e. The highest BCUT2D eigenvalue weighted by Gasteiger charge is 2.18. The van der Waals surface area contributed by atoms with Crippen LogP contribution in [-0.2, 0) is 6.61 Å². The van der Waals surface area contributed by atoms with Gasteiger partial charge in [0.05, 0.1) is 27.3 Å². The number of furan rings is 1. The number of nitrogens with zero attached hydrogens (tertiary/aromatic N) is 3. The third-order valence-corrected chi connectivity index (χ3v) is 7.68. The van der Waals surface area contributed by atoms with Crippen molar-refractivity contribution in [3.63, 3.8) is 0 Å². The molecule has 0 radical (unpaired) electrons. The van der Waals surface area contributed by atoms with Crippen molar-refractivity contribution < 1.29 is 23.4 Å². The molecule has 7 rings (SSSR count). The first-order valence-electron chi connectivity index (χ1n) is 13.6. The lowest BCUT2D eigenvalue weighted by Crippen LogP contribution is -2.20. The summed E-state index contributed by atoms with van der Waals surface area (Å²) < 4.78 is 31.2. The van der Waals surface area contributed by atoms with Crippen LogP contribution in [0.15, 0.2) is 99.2 Å². The Morgan fingerprint density at radius 3 is 2.70 bits per heavy atom. The topological polar surface area (TPSA) is 97.3 Å². The van der Waals surface area contributed by atoms with Crippen LogP contribution < -0.4 is 24.5 Å². The van der Waals surface area contributed by atoms with E-state index in [1.54, 1.807) is 24.4 Å². The Morgan fingerprint density at radius 2 is 1.81 bits per heavy atom. The summed E-state index contributed by atoms with van der Waals surface area (Å²) in [5.74, 6) is 3.36. The summed E-state index contributed by atoms with van der Waals surface area (Å²) in [7, 11) is 0. The van der Waals surface area contributed by atoms with E-state index < -0.39 is 0 Å². The van der Waals surface area contributed by atoms with Crippen molar-refractivity contribution in [2.75, 3.05) is 13.4 Å². The molecule has 0 amide bonds. The van der Waals surface area contributed by atoms with Gasteiger partial charge in [-0.25, -0.2) is 4.98 Å². The molecule has 0 unspecified atom stereocenters. The summed E-state index contributed by atoms with van der Waals surface area (Å²) in [5.41, 5.74) is 2.61. The van der Waals surface area contributed by atoms with E-state index in [2.05, 4.69) is 27.7 Å². The predicted octanol–water partition coefficient (Wildman–Crippen LogP) is 7.00. The van der Waals surface area contributed by atoms with Crippen LogP contribution in [0.1, 0.15) is 18.1 Å². The van der Waals surface area contributed by atoms with E-state index in [0.29, 0.717) is 58.5 Å². The largest absolute Gasteiger partial charge is 0.490 e. The number of halogens is 1. The molecule has 0 spiro atoms. The van der Waals surface area contributed by atoms with Crippen molar-refractivity contribution in [1.82, 2.24) is 9.66 Å². The van der Waals surface area contributed by atoms with Crippen LogP contribution in [0.25, 0.3) is 33.5 Å². The minimum absolute atomic E-state index is 0.218. The standard InChI is InChI=1S/C33H24IN3O6/c1-2-39-29-15-21(13-24(34)31(29)40-18-20-11-12-27-28(14-20)42-19-41-27)17-35-37-32(30-16-22-7-3-6-10-26(22)43-30)36-25-9-5-4-8-23(25)33(37)38/h3-17H,2,18-19H2,1H3. The summed E-state index contributed by atoms with van der Waals surface area (Å²) in [4.78, 5) is 18.4. The molecule has 1 aliphatic heterocycles. The number of hydrogen-bond acceptors (Lipinski definition) is 8. The van der Waals surface area contributed by atoms with Crippen molar-refractivity contribution in [3.8, 4) is 34.6 Å². The van der Waals surface area contributed by atoms with Gasteiger partial charge in [0.15, 0.2) is 28.8 Å². The second-order valence-electron chi connectivity index (χ2n) is 9.70. The Balaban J connectivity index is 1.24. The fourth-order valence-electron chi connectivity index (χ4n) is 4.86. The highest BCUT2D eigenvalue weighted by molar-refractivity contribution is 14.1. The van der Waals surface area contributed by atoms with Crippen LogP contribution in [0, 0.1) is 3.57 Å². The minimum Gasteiger partial charge on any atom is -0.490 e. The van der Waals surface area contributed by atoms with Crippen LogP contribution >= 0.6 is 22.6 Å². The van der Waals surface area contributed by atoms with E-state index in [9.17, 15) is 4.79 Å². The number of ether oxygens (including phenoxy) is 4. The normalized spacial score (nSPS) is 12.4. The predicted molar refractivity (Wildman–Crippen MR) is 171 cm³/mol. The van der Waals surface area contributed by atoms with Crippen molar-refractivity contribution in [2.45, 2.75) is 13.5 Å². The van der Waals surface area contributed by atoms with Gasteiger partial charge in [-0.2, -0.15) is 9.78 Å². The van der Waals surface area contributed by atoms with E-state index in [4.69, 9.17) is 28.3 Å². The molecule has 1 aliphatic rings. The van der Waals surface area contributed by atoms with Crippen LogP contribution in [0.3, 0.4) is 0 Å². The molecule has 3 heterocycles. The van der Waals surface area contributed by atoms with Crippen LogP contribution in [-0.4, -0.2) is 29.3 Å². The maximum atomic E-state index is 13.6. The summed E-state index contributed by atoms with van der Waals surface area (Å²) in [6, 6.07) is 26.2. The Morgan fingerprint density at radius 1 is 0.977 bits per heavy atom. The molecule has 0 aliphatic carbocycles. The summed E-state index contributed by atoms with van der Waals surface area (Å²) in [5, 5.41) is 5.96. The van der Waals surface area contributed by atoms with Gasteiger partial charge >= 0.3 is 0 Å². The second kappa shape index (κ2) is 11.4. The molecule has 4 aromatic carbocycles. The number of hydrogen-bond donors (Lipinski definition) is 0. The van der Waals surface area contributed by atoms with Gasteiger partial charge in [-0.1, -0.05) is 36.4 Å². The molecule has 43 heavy (non-hydrogen) atoms. The third-order valence-electron chi connectivity index (χ3n) is 6.87. The molecule has 0 atom stereocenters. The zero-order valence-corrected chi connectivity index (χ0v) is 25.1. The first-order valence-corrected chi connectivity index (χ1v) is 14.7. The molecule has 214 valence electrons. The van der Waals surface area contributed by atoms with Gasteiger partial charge in [-0.05, 0) is 89.2 Å². The first-order chi connectivity index (χ1) is 21.1. The zero-order chi connectivity index (χ0) is 29.3. The zero-order valence-electron chi connectivity index (χ0n) is 23.0. The molecular weight excluding hydrogens is 661 g/mol. The number of aromatic nitrogens is 2. The van der Waals surface area contributed by atoms with E-state index >= 15 is 0 Å². The van der Waals surface area contributed by atoms with Crippen molar-refractivity contribution in [2.24, 2.45) is 5.10 Å². The van der Waals surface area contributed by atoms with Crippen LogP contribution in [0.2, 0.25) is 0 Å². The van der Waals surface area contributed by atoms with Gasteiger partial charge in [0.25, 0.3) is 5.56 Å². The van der Waals surface area contributed by atoms with Gasteiger partial charge in [-0.3, -0.25) is 4.79 Å². The van der Waals surface area contributed by atoms with E-state index in [1.807, 2.05) is 73.7 Å². The molecule has 0 N–H and O–H groups in total. The minimum atomic E-state index is -0.305. The van der Waals surface area contributed by atoms with Crippen molar-refractivity contribution in [1.29, 1.82) is 0 Å². The maximum Gasteiger partial charge on any atom is 0.282 e. The SMILES string of the molecule is CCOc1cc(C=Nn2c(-c3cc4ccccc4o3)nc3ccccc3c2=O)cc(I)c1OCc1ccc2c(c1)OCO2. The summed E-state index contributed by atoms with van der Waals surface area (Å²) >= 11 is 2.21. The number of para-hydroxylation sites is 2. The average Bonchev–Trinajstić information content (AvgIpc) is 3.67. The van der Waals surface area contributed by atoms with Gasteiger partial charge in [-0.15, -0.1) is 0 Å². The van der Waals surface area contributed by atoms with Gasteiger partial charge < -0.3 is 23.4 Å². The fourth-order valence-corrected chi connectivity index (χ4v) is 5.64. The molecule has 2 aromatic heterocycles. The van der Waals surface area contributed by atoms with Crippen molar-refractivity contribution in [3.05, 3.63) is 110 Å². The highest BCUT2D eigenvalue weighted by atomic mass is 127. The van der Waals surface area contributed by atoms with Crippen LogP contribution in [0.4, 0.5) is 0 Å². The molecular formula is C33H24IN3O6. The van der Waals surface area contributed by atoms with Gasteiger partial charge in [0, 0.05) is 5.39 Å². The lowest BCUT2D eigenvalue weighted by atomic mass is 10.2. The molecule has 0 fully saturated rings. The second-order valence-corrected chi connectivity index (χ2v) is 10.9.